The molecule has 3 heterocycles. The third-order valence-corrected chi connectivity index (χ3v) is 8.05. The Kier molecular flexibility index (Phi) is 7.69. The van der Waals surface area contributed by atoms with E-state index in [0.29, 0.717) is 6.04 Å². The maximum Gasteiger partial charge on any atom is 0.234 e. The normalized spacial score (nSPS) is 16.4. The van der Waals surface area contributed by atoms with Crippen molar-refractivity contribution in [2.75, 3.05) is 18.4 Å². The fraction of sp³-hybridized carbons (Fsp3) is 0.333. The summed E-state index contributed by atoms with van der Waals surface area (Å²) in [4.78, 5) is 16.0. The standard InChI is InChI=1S/C33H35N7/c1-39-32(26-8-4-2-5-9-26)31(38-33(39)27-10-6-3-7-11-27)25-14-12-24(13-15-25)23-40-20-17-28(18-21-40)36-29-16-19-35-30(22-34)37-29/h2,4-5,8-10,12-16,19,28H,3,6-7,11,17-18,20-21,23H2,1H3,(H,35,36,37). The molecule has 0 atom stereocenters. The number of likely N-dealkylation sites (tertiary alicyclic amines) is 1. The Labute approximate surface area is 236 Å². The Morgan fingerprint density at radius 3 is 2.48 bits per heavy atom. The number of piperidine rings is 1. The van der Waals surface area contributed by atoms with Gasteiger partial charge >= 0.3 is 0 Å². The van der Waals surface area contributed by atoms with Gasteiger partial charge in [-0.05, 0) is 55.7 Å². The maximum atomic E-state index is 9.04. The Morgan fingerprint density at radius 1 is 0.950 bits per heavy atom. The van der Waals surface area contributed by atoms with Crippen molar-refractivity contribution in [3.05, 3.63) is 90.1 Å². The van der Waals surface area contributed by atoms with Gasteiger partial charge in [0.2, 0.25) is 5.82 Å². The number of hydrogen-bond donors (Lipinski definition) is 1. The van der Waals surface area contributed by atoms with Gasteiger partial charge in [-0.15, -0.1) is 0 Å². The molecule has 0 radical (unpaired) electrons. The van der Waals surface area contributed by atoms with E-state index in [1.54, 1.807) is 6.20 Å². The third-order valence-electron chi connectivity index (χ3n) is 8.05. The average Bonchev–Trinajstić information content (AvgIpc) is 3.36. The zero-order chi connectivity index (χ0) is 27.3. The van der Waals surface area contributed by atoms with Crippen molar-refractivity contribution in [1.29, 1.82) is 5.26 Å². The number of anilines is 1. The van der Waals surface area contributed by atoms with E-state index in [-0.39, 0.29) is 5.82 Å². The Bertz CT molecular complexity index is 1520. The van der Waals surface area contributed by atoms with E-state index >= 15 is 0 Å². The van der Waals surface area contributed by atoms with Crippen LogP contribution in [0.1, 0.15) is 55.7 Å². The number of rotatable bonds is 7. The molecule has 1 saturated heterocycles. The van der Waals surface area contributed by atoms with Crippen LogP contribution in [0.25, 0.3) is 28.1 Å². The lowest BCUT2D eigenvalue weighted by molar-refractivity contribution is 0.211. The second kappa shape index (κ2) is 11.8. The Balaban J connectivity index is 1.15. The number of nitrogens with one attached hydrogen (secondary N) is 1. The number of aromatic nitrogens is 4. The van der Waals surface area contributed by atoms with Gasteiger partial charge in [0.25, 0.3) is 0 Å². The van der Waals surface area contributed by atoms with E-state index in [9.17, 15) is 0 Å². The van der Waals surface area contributed by atoms with Crippen molar-refractivity contribution < 1.29 is 0 Å². The summed E-state index contributed by atoms with van der Waals surface area (Å²) in [6, 6.07) is 23.8. The van der Waals surface area contributed by atoms with Crippen LogP contribution in [0.15, 0.2) is 72.9 Å². The van der Waals surface area contributed by atoms with Gasteiger partial charge in [-0.25, -0.2) is 15.0 Å². The topological polar surface area (TPSA) is 82.7 Å². The highest BCUT2D eigenvalue weighted by atomic mass is 15.1. The lowest BCUT2D eigenvalue weighted by Gasteiger charge is -2.32. The highest BCUT2D eigenvalue weighted by Crippen LogP contribution is 2.36. The molecule has 7 heteroatoms. The van der Waals surface area contributed by atoms with E-state index in [2.05, 4.69) is 92.5 Å². The van der Waals surface area contributed by atoms with Crippen LogP contribution in [0.2, 0.25) is 0 Å². The van der Waals surface area contributed by atoms with Gasteiger partial charge in [0, 0.05) is 50.0 Å². The molecule has 0 bridgehead atoms. The molecule has 7 nitrogen and oxygen atoms in total. The van der Waals surface area contributed by atoms with Crippen molar-refractivity contribution >= 4 is 11.4 Å². The van der Waals surface area contributed by atoms with Gasteiger partial charge in [-0.3, -0.25) is 4.90 Å². The second-order valence-electron chi connectivity index (χ2n) is 10.8. The first-order valence-electron chi connectivity index (χ1n) is 14.3. The first-order chi connectivity index (χ1) is 19.7. The number of hydrogen-bond acceptors (Lipinski definition) is 6. The zero-order valence-corrected chi connectivity index (χ0v) is 23.1. The van der Waals surface area contributed by atoms with E-state index in [4.69, 9.17) is 10.2 Å². The number of benzene rings is 2. The number of imidazole rings is 1. The van der Waals surface area contributed by atoms with Crippen LogP contribution in [0.5, 0.6) is 0 Å². The molecule has 4 aromatic rings. The van der Waals surface area contributed by atoms with Crippen LogP contribution >= 0.6 is 0 Å². The van der Waals surface area contributed by atoms with Gasteiger partial charge in [0.15, 0.2) is 0 Å². The molecule has 2 aromatic heterocycles. The van der Waals surface area contributed by atoms with Crippen molar-refractivity contribution in [2.24, 2.45) is 7.05 Å². The fourth-order valence-corrected chi connectivity index (χ4v) is 5.92. The summed E-state index contributed by atoms with van der Waals surface area (Å²) in [5, 5.41) is 12.5. The maximum absolute atomic E-state index is 9.04. The molecule has 1 N–H and O–H groups in total. The van der Waals surface area contributed by atoms with Crippen LogP contribution in [-0.4, -0.2) is 43.6 Å². The third kappa shape index (κ3) is 5.68. The summed E-state index contributed by atoms with van der Waals surface area (Å²) in [7, 11) is 2.16. The predicted octanol–water partition coefficient (Wildman–Crippen LogP) is 6.45. The Hall–Kier alpha value is -4.28. The molecular formula is C33H35N7. The highest BCUT2D eigenvalue weighted by Gasteiger charge is 2.22. The molecule has 202 valence electrons. The van der Waals surface area contributed by atoms with E-state index in [0.717, 1.165) is 68.2 Å². The summed E-state index contributed by atoms with van der Waals surface area (Å²) >= 11 is 0. The first-order valence-corrected chi connectivity index (χ1v) is 14.3. The minimum Gasteiger partial charge on any atom is -0.367 e. The predicted molar refractivity (Wildman–Crippen MR) is 159 cm³/mol. The molecule has 1 fully saturated rings. The monoisotopic (exact) mass is 529 g/mol. The van der Waals surface area contributed by atoms with Crippen LogP contribution in [0, 0.1) is 11.3 Å². The molecule has 0 spiro atoms. The van der Waals surface area contributed by atoms with E-state index in [1.807, 2.05) is 12.1 Å². The minimum absolute atomic E-state index is 0.203. The molecule has 1 aliphatic heterocycles. The number of nitrogens with zero attached hydrogens (tertiary/aromatic N) is 6. The lowest BCUT2D eigenvalue weighted by Crippen LogP contribution is -2.38. The van der Waals surface area contributed by atoms with Crippen LogP contribution in [-0.2, 0) is 13.6 Å². The van der Waals surface area contributed by atoms with E-state index < -0.39 is 0 Å². The van der Waals surface area contributed by atoms with Crippen molar-refractivity contribution in [1.82, 2.24) is 24.4 Å². The summed E-state index contributed by atoms with van der Waals surface area (Å²) in [6.07, 6.45) is 10.8. The molecule has 0 unspecified atom stereocenters. The molecule has 40 heavy (non-hydrogen) atoms. The fourth-order valence-electron chi connectivity index (χ4n) is 5.92. The summed E-state index contributed by atoms with van der Waals surface area (Å²) in [6.45, 7) is 2.98. The lowest BCUT2D eigenvalue weighted by atomic mass is 9.99. The average molecular weight is 530 g/mol. The van der Waals surface area contributed by atoms with Crippen molar-refractivity contribution in [3.8, 4) is 28.6 Å². The number of allylic oxidation sites excluding steroid dienone is 2. The molecule has 2 aliphatic rings. The van der Waals surface area contributed by atoms with Gasteiger partial charge < -0.3 is 9.88 Å². The van der Waals surface area contributed by atoms with Crippen molar-refractivity contribution in [3.63, 3.8) is 0 Å². The number of nitriles is 1. The smallest absolute Gasteiger partial charge is 0.234 e. The summed E-state index contributed by atoms with van der Waals surface area (Å²) in [5.74, 6) is 2.03. The molecule has 2 aromatic carbocycles. The van der Waals surface area contributed by atoms with Gasteiger partial charge in [-0.2, -0.15) is 5.26 Å². The molecule has 1 aliphatic carbocycles. The van der Waals surface area contributed by atoms with Crippen LogP contribution < -0.4 is 5.32 Å². The zero-order valence-electron chi connectivity index (χ0n) is 23.1. The summed E-state index contributed by atoms with van der Waals surface area (Å²) < 4.78 is 2.29. The van der Waals surface area contributed by atoms with Gasteiger partial charge in [0.1, 0.15) is 17.7 Å². The quantitative estimate of drug-likeness (QED) is 0.296. The minimum atomic E-state index is 0.203. The Morgan fingerprint density at radius 2 is 1.75 bits per heavy atom. The first kappa shape index (κ1) is 26.0. The van der Waals surface area contributed by atoms with Crippen molar-refractivity contribution in [2.45, 2.75) is 51.1 Å². The summed E-state index contributed by atoms with van der Waals surface area (Å²) in [5.41, 5.74) is 7.27. The highest BCUT2D eigenvalue weighted by molar-refractivity contribution is 5.81. The molecule has 0 amide bonds. The van der Waals surface area contributed by atoms with Crippen LogP contribution in [0.4, 0.5) is 5.82 Å². The van der Waals surface area contributed by atoms with Crippen LogP contribution in [0.3, 0.4) is 0 Å². The SMILES string of the molecule is Cn1c(C2=CCCCC2)nc(-c2ccc(CN3CCC(Nc4ccnc(C#N)n4)CC3)cc2)c1-c1ccccc1. The second-order valence-corrected chi connectivity index (χ2v) is 10.8. The largest absolute Gasteiger partial charge is 0.367 e. The van der Waals surface area contributed by atoms with E-state index in [1.165, 1.54) is 35.2 Å². The van der Waals surface area contributed by atoms with Gasteiger partial charge in [-0.1, -0.05) is 60.7 Å². The van der Waals surface area contributed by atoms with Gasteiger partial charge in [0.05, 0.1) is 11.4 Å². The molecule has 0 saturated carbocycles. The molecular weight excluding hydrogens is 494 g/mol. The molecule has 6 rings (SSSR count).